The first-order valence-corrected chi connectivity index (χ1v) is 11.8. The van der Waals surface area contributed by atoms with Crippen LogP contribution in [0.25, 0.3) is 17.1 Å². The van der Waals surface area contributed by atoms with Crippen LogP contribution >= 0.6 is 11.8 Å². The number of methoxy groups -OCH3 is 2. The number of amides is 1. The van der Waals surface area contributed by atoms with Gasteiger partial charge in [-0.2, -0.15) is 0 Å². The number of carbonyl (C=O) groups excluding carboxylic acids is 2. The molecule has 1 N–H and O–H groups in total. The van der Waals surface area contributed by atoms with Crippen LogP contribution in [0, 0.1) is 6.92 Å². The first-order valence-electron chi connectivity index (χ1n) is 10.8. The van der Waals surface area contributed by atoms with Gasteiger partial charge in [-0.15, -0.1) is 10.2 Å². The van der Waals surface area contributed by atoms with Crippen LogP contribution in [0.2, 0.25) is 0 Å². The number of hydrogen-bond acceptors (Lipinski definition) is 7. The molecule has 35 heavy (non-hydrogen) atoms. The molecule has 0 aliphatic heterocycles. The minimum atomic E-state index is -0.519. The van der Waals surface area contributed by atoms with Crippen molar-refractivity contribution in [3.63, 3.8) is 0 Å². The van der Waals surface area contributed by atoms with Gasteiger partial charge < -0.3 is 14.8 Å². The molecule has 9 heteroatoms. The van der Waals surface area contributed by atoms with Gasteiger partial charge in [-0.05, 0) is 43.3 Å². The minimum Gasteiger partial charge on any atom is -0.496 e. The number of esters is 1. The van der Waals surface area contributed by atoms with Crippen molar-refractivity contribution in [2.24, 2.45) is 0 Å². The van der Waals surface area contributed by atoms with E-state index in [1.54, 1.807) is 31.4 Å². The molecule has 3 aromatic carbocycles. The fraction of sp³-hybridized carbons (Fsp3) is 0.154. The maximum atomic E-state index is 12.8. The number of thioether (sulfide) groups is 1. The molecule has 1 amide bonds. The third-order valence-corrected chi connectivity index (χ3v) is 6.14. The molecule has 0 fully saturated rings. The molecular weight excluding hydrogens is 464 g/mol. The van der Waals surface area contributed by atoms with Crippen LogP contribution < -0.4 is 10.1 Å². The summed E-state index contributed by atoms with van der Waals surface area (Å²) in [6, 6.07) is 22.3. The number of aromatic nitrogens is 3. The zero-order valence-corrected chi connectivity index (χ0v) is 20.3. The van der Waals surface area contributed by atoms with Crippen LogP contribution in [0.1, 0.15) is 15.9 Å². The van der Waals surface area contributed by atoms with E-state index >= 15 is 0 Å². The van der Waals surface area contributed by atoms with Gasteiger partial charge in [-0.3, -0.25) is 9.36 Å². The highest BCUT2D eigenvalue weighted by atomic mass is 32.2. The summed E-state index contributed by atoms with van der Waals surface area (Å²) in [5, 5.41) is 12.1. The number of anilines is 1. The number of carbonyl (C=O) groups is 2. The molecule has 8 nitrogen and oxygen atoms in total. The van der Waals surface area contributed by atoms with Crippen molar-refractivity contribution in [3.05, 3.63) is 83.9 Å². The highest BCUT2D eigenvalue weighted by Gasteiger charge is 2.20. The highest BCUT2D eigenvalue weighted by Crippen LogP contribution is 2.33. The van der Waals surface area contributed by atoms with Gasteiger partial charge in [-0.1, -0.05) is 53.7 Å². The van der Waals surface area contributed by atoms with Crippen LogP contribution in [-0.4, -0.2) is 46.6 Å². The Labute approximate surface area is 207 Å². The Morgan fingerprint density at radius 1 is 0.943 bits per heavy atom. The molecule has 0 aliphatic rings. The fourth-order valence-corrected chi connectivity index (χ4v) is 4.24. The summed E-state index contributed by atoms with van der Waals surface area (Å²) < 4.78 is 12.2. The van der Waals surface area contributed by atoms with E-state index < -0.39 is 5.97 Å². The number of nitrogens with one attached hydrogen (secondary N) is 1. The molecule has 0 saturated heterocycles. The number of ether oxygens (including phenoxy) is 2. The third kappa shape index (κ3) is 5.36. The predicted octanol–water partition coefficient (Wildman–Crippen LogP) is 4.77. The fourth-order valence-electron chi connectivity index (χ4n) is 3.49. The number of hydrogen-bond donors (Lipinski definition) is 1. The van der Waals surface area contributed by atoms with E-state index in [1.807, 2.05) is 60.0 Å². The summed E-state index contributed by atoms with van der Waals surface area (Å²) >= 11 is 1.24. The van der Waals surface area contributed by atoms with Gasteiger partial charge in [0.1, 0.15) is 5.75 Å². The lowest BCUT2D eigenvalue weighted by Crippen LogP contribution is -2.17. The summed E-state index contributed by atoms with van der Waals surface area (Å²) in [6.07, 6.45) is 0. The number of rotatable bonds is 8. The van der Waals surface area contributed by atoms with Gasteiger partial charge in [0.15, 0.2) is 11.0 Å². The van der Waals surface area contributed by atoms with Crippen molar-refractivity contribution in [3.8, 4) is 22.8 Å². The molecule has 0 saturated carbocycles. The zero-order valence-electron chi connectivity index (χ0n) is 19.5. The van der Waals surface area contributed by atoms with Crippen LogP contribution in [0.3, 0.4) is 0 Å². The summed E-state index contributed by atoms with van der Waals surface area (Å²) in [7, 11) is 2.91. The molecule has 0 aliphatic carbocycles. The van der Waals surface area contributed by atoms with E-state index in [2.05, 4.69) is 15.5 Å². The molecule has 0 spiro atoms. The lowest BCUT2D eigenvalue weighted by molar-refractivity contribution is -0.113. The van der Waals surface area contributed by atoms with Crippen molar-refractivity contribution in [2.75, 3.05) is 25.3 Å². The molecule has 0 bridgehead atoms. The largest absolute Gasteiger partial charge is 0.496 e. The first-order chi connectivity index (χ1) is 17.0. The van der Waals surface area contributed by atoms with E-state index in [0.29, 0.717) is 22.4 Å². The lowest BCUT2D eigenvalue weighted by atomic mass is 10.1. The minimum absolute atomic E-state index is 0.0609. The first kappa shape index (κ1) is 24.0. The Morgan fingerprint density at radius 2 is 1.66 bits per heavy atom. The molecule has 4 rings (SSSR count). The van der Waals surface area contributed by atoms with Crippen LogP contribution in [0.15, 0.2) is 78.0 Å². The second kappa shape index (κ2) is 10.9. The molecule has 0 atom stereocenters. The molecule has 0 unspecified atom stereocenters. The summed E-state index contributed by atoms with van der Waals surface area (Å²) in [5.74, 6) is 0.524. The van der Waals surface area contributed by atoms with Gasteiger partial charge in [0.2, 0.25) is 5.91 Å². The average Bonchev–Trinajstić information content (AvgIpc) is 3.31. The highest BCUT2D eigenvalue weighted by molar-refractivity contribution is 7.99. The summed E-state index contributed by atoms with van der Waals surface area (Å²) in [6.45, 7) is 2.02. The lowest BCUT2D eigenvalue weighted by Gasteiger charge is -2.13. The Kier molecular flexibility index (Phi) is 7.47. The van der Waals surface area contributed by atoms with E-state index in [9.17, 15) is 9.59 Å². The normalized spacial score (nSPS) is 10.6. The summed E-state index contributed by atoms with van der Waals surface area (Å²) in [4.78, 5) is 24.8. The van der Waals surface area contributed by atoms with Crippen molar-refractivity contribution in [1.29, 1.82) is 0 Å². The quantitative estimate of drug-likeness (QED) is 0.282. The van der Waals surface area contributed by atoms with Crippen molar-refractivity contribution >= 4 is 29.3 Å². The monoisotopic (exact) mass is 488 g/mol. The Bertz CT molecular complexity index is 1350. The number of nitrogens with zero attached hydrogens (tertiary/aromatic N) is 3. The maximum absolute atomic E-state index is 12.8. The van der Waals surface area contributed by atoms with Gasteiger partial charge in [0.05, 0.1) is 36.8 Å². The average molecular weight is 489 g/mol. The summed E-state index contributed by atoms with van der Waals surface area (Å²) in [5.41, 5.74) is 3.44. The molecule has 0 radical (unpaired) electrons. The van der Waals surface area contributed by atoms with Crippen molar-refractivity contribution < 1.29 is 19.1 Å². The van der Waals surface area contributed by atoms with E-state index in [0.717, 1.165) is 16.8 Å². The molecule has 4 aromatic rings. The van der Waals surface area contributed by atoms with E-state index in [1.165, 1.54) is 18.9 Å². The second-order valence-corrected chi connectivity index (χ2v) is 8.49. The van der Waals surface area contributed by atoms with Crippen molar-refractivity contribution in [2.45, 2.75) is 12.1 Å². The maximum Gasteiger partial charge on any atom is 0.339 e. The van der Waals surface area contributed by atoms with Gasteiger partial charge >= 0.3 is 5.97 Å². The topological polar surface area (TPSA) is 95.3 Å². The number of aryl methyl sites for hydroxylation is 1. The third-order valence-electron chi connectivity index (χ3n) is 5.21. The van der Waals surface area contributed by atoms with Crippen molar-refractivity contribution in [1.82, 2.24) is 14.8 Å². The Morgan fingerprint density at radius 3 is 2.40 bits per heavy atom. The second-order valence-electron chi connectivity index (χ2n) is 7.55. The predicted molar refractivity (Wildman–Crippen MR) is 135 cm³/mol. The van der Waals surface area contributed by atoms with Gasteiger partial charge in [0.25, 0.3) is 0 Å². The molecule has 178 valence electrons. The number of para-hydroxylation sites is 2. The molecule has 1 aromatic heterocycles. The number of benzene rings is 3. The Hall–Kier alpha value is -4.11. The van der Waals surface area contributed by atoms with Crippen LogP contribution in [0.4, 0.5) is 5.69 Å². The SMILES string of the molecule is COC(=O)c1ccccc1NC(=O)CSc1nnc(-c2ccccc2OC)n1-c1ccc(C)cc1. The Balaban J connectivity index is 1.62. The van der Waals surface area contributed by atoms with Gasteiger partial charge in [0, 0.05) is 5.69 Å². The zero-order chi connectivity index (χ0) is 24.8. The van der Waals surface area contributed by atoms with Crippen LogP contribution in [0.5, 0.6) is 5.75 Å². The van der Waals surface area contributed by atoms with Crippen LogP contribution in [-0.2, 0) is 9.53 Å². The standard InChI is InChI=1S/C26H24N4O4S/c1-17-12-14-18(15-13-17)30-24(20-9-5-7-11-22(20)33-2)28-29-26(30)35-16-23(31)27-21-10-6-4-8-19(21)25(32)34-3/h4-15H,16H2,1-3H3,(H,27,31). The van der Waals surface area contributed by atoms with E-state index in [4.69, 9.17) is 9.47 Å². The van der Waals surface area contributed by atoms with Gasteiger partial charge in [-0.25, -0.2) is 4.79 Å². The van der Waals surface area contributed by atoms with E-state index in [-0.39, 0.29) is 17.2 Å². The molecular formula is C26H24N4O4S. The molecule has 1 heterocycles. The smallest absolute Gasteiger partial charge is 0.339 e.